The molecule has 1 saturated heterocycles. The third-order valence-electron chi connectivity index (χ3n) is 5.70. The Hall–Kier alpha value is -0.540. The van der Waals surface area contributed by atoms with Crippen LogP contribution in [0.2, 0.25) is 0 Å². The van der Waals surface area contributed by atoms with Gasteiger partial charge in [0.05, 0.1) is 12.1 Å². The van der Waals surface area contributed by atoms with E-state index in [1.165, 1.54) is 38.5 Å². The SMILES string of the molecule is C=C([C@H](NC(C)C1CCCC1)[C@@H](C)O)N1CCCC(C)(C)C1. The molecule has 0 radical (unpaired) electrons. The van der Waals surface area contributed by atoms with Crippen LogP contribution in [0.3, 0.4) is 0 Å². The average Bonchev–Trinajstić information content (AvgIpc) is 2.96. The Morgan fingerprint density at radius 2 is 1.86 bits per heavy atom. The minimum atomic E-state index is -0.401. The zero-order chi connectivity index (χ0) is 16.3. The Morgan fingerprint density at radius 1 is 1.23 bits per heavy atom. The third kappa shape index (κ3) is 4.48. The fourth-order valence-electron chi connectivity index (χ4n) is 4.26. The summed E-state index contributed by atoms with van der Waals surface area (Å²) in [7, 11) is 0. The van der Waals surface area contributed by atoms with Crippen molar-refractivity contribution >= 4 is 0 Å². The predicted octanol–water partition coefficient (Wildman–Crippen LogP) is 3.54. The molecule has 2 fully saturated rings. The molecule has 2 aliphatic rings. The van der Waals surface area contributed by atoms with Gasteiger partial charge < -0.3 is 15.3 Å². The van der Waals surface area contributed by atoms with E-state index in [0.29, 0.717) is 11.5 Å². The molecule has 0 amide bonds. The Morgan fingerprint density at radius 3 is 2.41 bits per heavy atom. The highest BCUT2D eigenvalue weighted by molar-refractivity contribution is 5.10. The Balaban J connectivity index is 1.98. The summed E-state index contributed by atoms with van der Waals surface area (Å²) >= 11 is 0. The van der Waals surface area contributed by atoms with Crippen molar-refractivity contribution in [1.82, 2.24) is 10.2 Å². The fraction of sp³-hybridized carbons (Fsp3) is 0.895. The maximum atomic E-state index is 10.3. The second kappa shape index (κ2) is 7.35. The number of nitrogens with zero attached hydrogens (tertiary/aromatic N) is 1. The summed E-state index contributed by atoms with van der Waals surface area (Å²) in [5.74, 6) is 0.756. The average molecular weight is 309 g/mol. The summed E-state index contributed by atoms with van der Waals surface area (Å²) in [4.78, 5) is 2.40. The zero-order valence-electron chi connectivity index (χ0n) is 15.1. The normalized spacial score (nSPS) is 26.7. The maximum absolute atomic E-state index is 10.3. The number of aliphatic hydroxyl groups excluding tert-OH is 1. The van der Waals surface area contributed by atoms with Crippen LogP contribution in [-0.2, 0) is 0 Å². The van der Waals surface area contributed by atoms with Gasteiger partial charge in [0.25, 0.3) is 0 Å². The van der Waals surface area contributed by atoms with Crippen molar-refractivity contribution in [3.8, 4) is 0 Å². The van der Waals surface area contributed by atoms with Crippen LogP contribution in [0, 0.1) is 11.3 Å². The highest BCUT2D eigenvalue weighted by Crippen LogP contribution is 2.32. The molecule has 3 heteroatoms. The number of hydrogen-bond acceptors (Lipinski definition) is 3. The molecule has 0 aromatic heterocycles. The van der Waals surface area contributed by atoms with Crippen LogP contribution in [0.25, 0.3) is 0 Å². The minimum absolute atomic E-state index is 0.0236. The molecule has 1 saturated carbocycles. The molecule has 1 aliphatic carbocycles. The van der Waals surface area contributed by atoms with Gasteiger partial charge >= 0.3 is 0 Å². The summed E-state index contributed by atoms with van der Waals surface area (Å²) in [6, 6.07) is 0.432. The molecule has 0 aromatic carbocycles. The van der Waals surface area contributed by atoms with Gasteiger partial charge in [-0.3, -0.25) is 0 Å². The van der Waals surface area contributed by atoms with Gasteiger partial charge in [-0.2, -0.15) is 0 Å². The van der Waals surface area contributed by atoms with Gasteiger partial charge in [0.15, 0.2) is 0 Å². The second-order valence-electron chi connectivity index (χ2n) is 8.40. The highest BCUT2D eigenvalue weighted by Gasteiger charge is 2.32. The van der Waals surface area contributed by atoms with Gasteiger partial charge in [-0.05, 0) is 50.9 Å². The lowest BCUT2D eigenvalue weighted by molar-refractivity contribution is 0.0993. The molecule has 0 bridgehead atoms. The van der Waals surface area contributed by atoms with Crippen molar-refractivity contribution in [2.45, 2.75) is 84.4 Å². The molecule has 1 unspecified atom stereocenters. The number of aliphatic hydroxyl groups is 1. The summed E-state index contributed by atoms with van der Waals surface area (Å²) < 4.78 is 0. The van der Waals surface area contributed by atoms with E-state index in [-0.39, 0.29) is 6.04 Å². The van der Waals surface area contributed by atoms with Crippen molar-refractivity contribution < 1.29 is 5.11 Å². The fourth-order valence-corrected chi connectivity index (χ4v) is 4.26. The van der Waals surface area contributed by atoms with Gasteiger partial charge in [-0.25, -0.2) is 0 Å². The van der Waals surface area contributed by atoms with Crippen molar-refractivity contribution in [2.24, 2.45) is 11.3 Å². The lowest BCUT2D eigenvalue weighted by atomic mass is 9.83. The number of rotatable bonds is 6. The summed E-state index contributed by atoms with van der Waals surface area (Å²) in [5, 5.41) is 14.0. The quantitative estimate of drug-likeness (QED) is 0.788. The number of likely N-dealkylation sites (tertiary alicyclic amines) is 1. The zero-order valence-corrected chi connectivity index (χ0v) is 15.1. The van der Waals surface area contributed by atoms with Crippen molar-refractivity contribution in [3.05, 3.63) is 12.3 Å². The molecule has 1 aliphatic heterocycles. The molecular weight excluding hydrogens is 272 g/mol. The van der Waals surface area contributed by atoms with Crippen LogP contribution in [0.1, 0.15) is 66.2 Å². The third-order valence-corrected chi connectivity index (χ3v) is 5.70. The first kappa shape index (κ1) is 17.8. The van der Waals surface area contributed by atoms with Crippen LogP contribution in [0.5, 0.6) is 0 Å². The standard InChI is InChI=1S/C19H36N2O/c1-14(17-9-6-7-10-17)20-18(16(3)22)15(2)21-12-8-11-19(4,5)13-21/h14,16-18,20,22H,2,6-13H2,1,3-5H3/t14?,16-,18+/m1/s1. The Bertz CT molecular complexity index is 372. The number of piperidine rings is 1. The first-order chi connectivity index (χ1) is 10.3. The van der Waals surface area contributed by atoms with Crippen LogP contribution < -0.4 is 5.32 Å². The molecule has 1 heterocycles. The summed E-state index contributed by atoms with van der Waals surface area (Å²) in [6.45, 7) is 15.3. The molecular formula is C19H36N2O. The Labute approximate surface area is 137 Å². The monoisotopic (exact) mass is 308 g/mol. The van der Waals surface area contributed by atoms with E-state index in [0.717, 1.165) is 24.7 Å². The molecule has 2 rings (SSSR count). The lowest BCUT2D eigenvalue weighted by Gasteiger charge is -2.43. The van der Waals surface area contributed by atoms with Crippen LogP contribution in [0.15, 0.2) is 12.3 Å². The van der Waals surface area contributed by atoms with E-state index in [1.54, 1.807) is 0 Å². The van der Waals surface area contributed by atoms with Crippen molar-refractivity contribution in [2.75, 3.05) is 13.1 Å². The lowest BCUT2D eigenvalue weighted by Crippen LogP contribution is -2.52. The van der Waals surface area contributed by atoms with E-state index < -0.39 is 6.10 Å². The van der Waals surface area contributed by atoms with E-state index in [1.807, 2.05) is 6.92 Å². The highest BCUT2D eigenvalue weighted by atomic mass is 16.3. The van der Waals surface area contributed by atoms with Crippen LogP contribution >= 0.6 is 0 Å². The Kier molecular flexibility index (Phi) is 5.95. The number of nitrogens with one attached hydrogen (secondary N) is 1. The first-order valence-corrected chi connectivity index (χ1v) is 9.18. The molecule has 0 aromatic rings. The summed E-state index contributed by atoms with van der Waals surface area (Å²) in [5.41, 5.74) is 1.43. The molecule has 3 atom stereocenters. The smallest absolute Gasteiger partial charge is 0.0728 e. The van der Waals surface area contributed by atoms with E-state index in [9.17, 15) is 5.11 Å². The number of hydrogen-bond donors (Lipinski definition) is 2. The first-order valence-electron chi connectivity index (χ1n) is 9.18. The van der Waals surface area contributed by atoms with E-state index >= 15 is 0 Å². The van der Waals surface area contributed by atoms with Gasteiger partial charge in [-0.1, -0.05) is 33.3 Å². The topological polar surface area (TPSA) is 35.5 Å². The summed E-state index contributed by atoms with van der Waals surface area (Å²) in [6.07, 6.45) is 7.46. The predicted molar refractivity (Wildman–Crippen MR) is 93.8 cm³/mol. The maximum Gasteiger partial charge on any atom is 0.0728 e. The van der Waals surface area contributed by atoms with E-state index in [4.69, 9.17) is 0 Å². The largest absolute Gasteiger partial charge is 0.391 e. The van der Waals surface area contributed by atoms with Gasteiger partial charge in [0, 0.05) is 24.8 Å². The molecule has 3 nitrogen and oxygen atoms in total. The molecule has 22 heavy (non-hydrogen) atoms. The van der Waals surface area contributed by atoms with E-state index in [2.05, 4.69) is 37.6 Å². The van der Waals surface area contributed by atoms with Crippen molar-refractivity contribution in [1.29, 1.82) is 0 Å². The molecule has 128 valence electrons. The van der Waals surface area contributed by atoms with Gasteiger partial charge in [-0.15, -0.1) is 0 Å². The minimum Gasteiger partial charge on any atom is -0.391 e. The van der Waals surface area contributed by atoms with Crippen LogP contribution in [-0.4, -0.2) is 41.3 Å². The molecule has 2 N–H and O–H groups in total. The second-order valence-corrected chi connectivity index (χ2v) is 8.40. The van der Waals surface area contributed by atoms with Crippen LogP contribution in [0.4, 0.5) is 0 Å². The van der Waals surface area contributed by atoms with Gasteiger partial charge in [0.1, 0.15) is 0 Å². The molecule has 0 spiro atoms. The van der Waals surface area contributed by atoms with Gasteiger partial charge in [0.2, 0.25) is 0 Å². The van der Waals surface area contributed by atoms with Crippen molar-refractivity contribution in [3.63, 3.8) is 0 Å².